The van der Waals surface area contributed by atoms with Crippen molar-refractivity contribution in [1.29, 1.82) is 0 Å². The summed E-state index contributed by atoms with van der Waals surface area (Å²) in [5, 5.41) is 3.98. The van der Waals surface area contributed by atoms with E-state index in [2.05, 4.69) is 21.0 Å². The Morgan fingerprint density at radius 2 is 2.19 bits per heavy atom. The highest BCUT2D eigenvalue weighted by molar-refractivity contribution is 9.10. The molecule has 0 unspecified atom stereocenters. The van der Waals surface area contributed by atoms with Crippen LogP contribution in [0.3, 0.4) is 0 Å². The monoisotopic (exact) mass is 372 g/mol. The van der Waals surface area contributed by atoms with Gasteiger partial charge in [-0.2, -0.15) is 5.10 Å². The maximum atomic E-state index is 11.9. The van der Waals surface area contributed by atoms with Crippen LogP contribution in [0.15, 0.2) is 46.0 Å². The third-order valence-corrected chi connectivity index (χ3v) is 4.77. The van der Waals surface area contributed by atoms with Gasteiger partial charge in [-0.25, -0.2) is 13.2 Å². The number of benzene rings is 1. The number of rotatable bonds is 5. The van der Waals surface area contributed by atoms with Crippen molar-refractivity contribution >= 4 is 31.7 Å². The molecule has 6 nitrogen and oxygen atoms in total. The molecule has 1 aromatic carbocycles. The molecule has 0 N–H and O–H groups in total. The van der Waals surface area contributed by atoms with Crippen molar-refractivity contribution in [1.82, 2.24) is 9.78 Å². The summed E-state index contributed by atoms with van der Waals surface area (Å²) in [4.78, 5) is 12.0. The molecule has 0 saturated carbocycles. The first-order valence-corrected chi connectivity index (χ1v) is 8.70. The highest BCUT2D eigenvalue weighted by atomic mass is 79.9. The van der Waals surface area contributed by atoms with Crippen LogP contribution in [0.25, 0.3) is 0 Å². The fourth-order valence-electron chi connectivity index (χ4n) is 1.66. The first kappa shape index (κ1) is 15.7. The van der Waals surface area contributed by atoms with Crippen LogP contribution in [-0.4, -0.2) is 37.0 Å². The molecular formula is C13H13BrN2O4S. The average Bonchev–Trinajstić information content (AvgIpc) is 2.91. The molecule has 0 spiro atoms. The first-order chi connectivity index (χ1) is 9.88. The van der Waals surface area contributed by atoms with Crippen LogP contribution in [0.4, 0.5) is 0 Å². The summed E-state index contributed by atoms with van der Waals surface area (Å²) in [5.74, 6) is -0.570. The molecule has 0 aliphatic carbocycles. The minimum absolute atomic E-state index is 0.0593. The van der Waals surface area contributed by atoms with E-state index in [0.29, 0.717) is 11.0 Å². The molecule has 0 amide bonds. The number of ether oxygens (including phenoxy) is 1. The van der Waals surface area contributed by atoms with Crippen molar-refractivity contribution in [2.45, 2.75) is 11.4 Å². The van der Waals surface area contributed by atoms with Crippen molar-refractivity contribution in [3.63, 3.8) is 0 Å². The van der Waals surface area contributed by atoms with Gasteiger partial charge in [0.2, 0.25) is 0 Å². The quantitative estimate of drug-likeness (QED) is 0.749. The van der Waals surface area contributed by atoms with Crippen LogP contribution in [0.1, 0.15) is 10.4 Å². The van der Waals surface area contributed by atoms with E-state index in [9.17, 15) is 13.2 Å². The number of nitrogens with zero attached hydrogens (tertiary/aromatic N) is 2. The smallest absolute Gasteiger partial charge is 0.338 e. The van der Waals surface area contributed by atoms with Crippen molar-refractivity contribution in [3.05, 3.63) is 46.7 Å². The standard InChI is InChI=1S/C13H13BrN2O4S/c1-21(18,19)12-9-10(3-4-11(12)14)13(17)20-8-7-16-6-2-5-15-16/h2-6,9H,7-8H2,1H3. The van der Waals surface area contributed by atoms with E-state index >= 15 is 0 Å². The van der Waals surface area contributed by atoms with E-state index in [1.807, 2.05) is 0 Å². The van der Waals surface area contributed by atoms with E-state index < -0.39 is 15.8 Å². The number of carbonyl (C=O) groups excluding carboxylic acids is 1. The summed E-state index contributed by atoms with van der Waals surface area (Å²) < 4.78 is 30.4. The van der Waals surface area contributed by atoms with E-state index in [-0.39, 0.29) is 17.1 Å². The van der Waals surface area contributed by atoms with Crippen LogP contribution in [0, 0.1) is 0 Å². The number of sulfone groups is 1. The van der Waals surface area contributed by atoms with E-state index in [0.717, 1.165) is 6.26 Å². The molecule has 0 aliphatic rings. The molecule has 112 valence electrons. The molecule has 1 aromatic heterocycles. The van der Waals surface area contributed by atoms with Crippen LogP contribution < -0.4 is 0 Å². The second-order valence-electron chi connectivity index (χ2n) is 4.32. The van der Waals surface area contributed by atoms with Gasteiger partial charge in [-0.05, 0) is 40.2 Å². The third kappa shape index (κ3) is 4.15. The lowest BCUT2D eigenvalue weighted by atomic mass is 10.2. The largest absolute Gasteiger partial charge is 0.460 e. The molecule has 0 bridgehead atoms. The maximum absolute atomic E-state index is 11.9. The predicted molar refractivity (Wildman–Crippen MR) is 79.8 cm³/mol. The molecule has 2 rings (SSSR count). The van der Waals surface area contributed by atoms with Gasteiger partial charge in [0.1, 0.15) is 6.61 Å². The molecule has 0 fully saturated rings. The Labute approximate surface area is 130 Å². The zero-order chi connectivity index (χ0) is 15.5. The molecule has 8 heteroatoms. The number of hydrogen-bond donors (Lipinski definition) is 0. The second kappa shape index (κ2) is 6.40. The Balaban J connectivity index is 2.06. The Morgan fingerprint density at radius 1 is 1.43 bits per heavy atom. The fraction of sp³-hybridized carbons (Fsp3) is 0.231. The Hall–Kier alpha value is -1.67. The molecule has 0 aliphatic heterocycles. The fourth-order valence-corrected chi connectivity index (χ4v) is 3.55. The number of carbonyl (C=O) groups is 1. The van der Waals surface area contributed by atoms with Gasteiger partial charge >= 0.3 is 5.97 Å². The van der Waals surface area contributed by atoms with E-state index in [1.165, 1.54) is 18.2 Å². The topological polar surface area (TPSA) is 78.3 Å². The first-order valence-electron chi connectivity index (χ1n) is 6.02. The molecule has 1 heterocycles. The van der Waals surface area contributed by atoms with Crippen LogP contribution in [0.2, 0.25) is 0 Å². The highest BCUT2D eigenvalue weighted by Crippen LogP contribution is 2.23. The Kier molecular flexibility index (Phi) is 4.79. The SMILES string of the molecule is CS(=O)(=O)c1cc(C(=O)OCCn2cccn2)ccc1Br. The van der Waals surface area contributed by atoms with Crippen molar-refractivity contribution in [3.8, 4) is 0 Å². The number of esters is 1. The van der Waals surface area contributed by atoms with Gasteiger partial charge in [-0.15, -0.1) is 0 Å². The van der Waals surface area contributed by atoms with Gasteiger partial charge in [0.05, 0.1) is 17.0 Å². The van der Waals surface area contributed by atoms with Crippen LogP contribution in [0.5, 0.6) is 0 Å². The van der Waals surface area contributed by atoms with Crippen LogP contribution >= 0.6 is 15.9 Å². The summed E-state index contributed by atoms with van der Waals surface area (Å²) >= 11 is 3.15. The zero-order valence-corrected chi connectivity index (χ0v) is 13.6. The molecule has 0 saturated heterocycles. The predicted octanol–water partition coefficient (Wildman–Crippen LogP) is 1.91. The van der Waals surface area contributed by atoms with Gasteiger partial charge in [0.25, 0.3) is 0 Å². The lowest BCUT2D eigenvalue weighted by Crippen LogP contribution is -2.12. The normalized spacial score (nSPS) is 11.3. The molecular weight excluding hydrogens is 360 g/mol. The van der Waals surface area contributed by atoms with Crippen molar-refractivity contribution < 1.29 is 17.9 Å². The Morgan fingerprint density at radius 3 is 2.81 bits per heavy atom. The number of hydrogen-bond acceptors (Lipinski definition) is 5. The van der Waals surface area contributed by atoms with Gasteiger partial charge in [-0.3, -0.25) is 4.68 Å². The third-order valence-electron chi connectivity index (χ3n) is 2.68. The molecule has 21 heavy (non-hydrogen) atoms. The summed E-state index contributed by atoms with van der Waals surface area (Å²) in [6.07, 6.45) is 4.48. The van der Waals surface area contributed by atoms with E-state index in [1.54, 1.807) is 23.1 Å². The van der Waals surface area contributed by atoms with Gasteiger partial charge in [0, 0.05) is 23.1 Å². The van der Waals surface area contributed by atoms with Gasteiger partial charge in [0.15, 0.2) is 9.84 Å². The summed E-state index contributed by atoms with van der Waals surface area (Å²) in [6, 6.07) is 6.10. The average molecular weight is 373 g/mol. The summed E-state index contributed by atoms with van der Waals surface area (Å²) in [5.41, 5.74) is 0.194. The van der Waals surface area contributed by atoms with Gasteiger partial charge < -0.3 is 4.74 Å². The minimum atomic E-state index is -3.41. The summed E-state index contributed by atoms with van der Waals surface area (Å²) in [7, 11) is -3.41. The number of halogens is 1. The van der Waals surface area contributed by atoms with Crippen molar-refractivity contribution in [2.75, 3.05) is 12.9 Å². The maximum Gasteiger partial charge on any atom is 0.338 e. The number of aromatic nitrogens is 2. The van der Waals surface area contributed by atoms with E-state index in [4.69, 9.17) is 4.74 Å². The highest BCUT2D eigenvalue weighted by Gasteiger charge is 2.16. The lowest BCUT2D eigenvalue weighted by molar-refractivity contribution is 0.0487. The minimum Gasteiger partial charge on any atom is -0.460 e. The molecule has 0 radical (unpaired) electrons. The van der Waals surface area contributed by atoms with Gasteiger partial charge in [-0.1, -0.05) is 0 Å². The second-order valence-corrected chi connectivity index (χ2v) is 7.16. The summed E-state index contributed by atoms with van der Waals surface area (Å²) in [6.45, 7) is 0.596. The molecule has 2 aromatic rings. The zero-order valence-electron chi connectivity index (χ0n) is 11.2. The van der Waals surface area contributed by atoms with Crippen molar-refractivity contribution in [2.24, 2.45) is 0 Å². The molecule has 0 atom stereocenters. The Bertz CT molecular complexity index is 742. The lowest BCUT2D eigenvalue weighted by Gasteiger charge is -2.07. The van der Waals surface area contributed by atoms with Crippen LogP contribution in [-0.2, 0) is 21.1 Å².